The summed E-state index contributed by atoms with van der Waals surface area (Å²) in [5, 5.41) is 8.04. The quantitative estimate of drug-likeness (QED) is 0.177. The van der Waals surface area contributed by atoms with Crippen LogP contribution in [-0.2, 0) is 5.41 Å². The molecule has 0 atom stereocenters. The number of hydrogen-bond donors (Lipinski definition) is 0. The van der Waals surface area contributed by atoms with Gasteiger partial charge in [-0.2, -0.15) is 0 Å². The number of benzene rings is 9. The molecule has 0 radical (unpaired) electrons. The molecular formula is C55H31N3O. The fraction of sp³-hybridized carbons (Fsp3) is 0.0182. The lowest BCUT2D eigenvalue weighted by molar-refractivity contribution is 0.669. The van der Waals surface area contributed by atoms with Crippen LogP contribution < -0.4 is 0 Å². The molecule has 0 bridgehead atoms. The zero-order valence-electron chi connectivity index (χ0n) is 31.6. The molecule has 59 heavy (non-hydrogen) atoms. The van der Waals surface area contributed by atoms with Gasteiger partial charge in [0.1, 0.15) is 11.2 Å². The van der Waals surface area contributed by atoms with Gasteiger partial charge in [-0.25, -0.2) is 9.97 Å². The average molecular weight is 750 g/mol. The molecule has 14 rings (SSSR count). The van der Waals surface area contributed by atoms with E-state index in [0.717, 1.165) is 55.1 Å². The van der Waals surface area contributed by atoms with Crippen LogP contribution in [0.25, 0.3) is 105 Å². The van der Waals surface area contributed by atoms with E-state index in [1.54, 1.807) is 0 Å². The Balaban J connectivity index is 1.19. The summed E-state index contributed by atoms with van der Waals surface area (Å²) in [7, 11) is 0. The summed E-state index contributed by atoms with van der Waals surface area (Å²) in [6.45, 7) is 0. The van der Waals surface area contributed by atoms with Crippen LogP contribution >= 0.6 is 0 Å². The van der Waals surface area contributed by atoms with Crippen molar-refractivity contribution >= 4 is 65.4 Å². The van der Waals surface area contributed by atoms with Gasteiger partial charge in [-0.05, 0) is 86.1 Å². The van der Waals surface area contributed by atoms with E-state index in [2.05, 4.69) is 180 Å². The Kier molecular flexibility index (Phi) is 5.93. The maximum absolute atomic E-state index is 6.27. The third-order valence-corrected chi connectivity index (χ3v) is 13.2. The summed E-state index contributed by atoms with van der Waals surface area (Å²) < 4.78 is 8.66. The molecule has 0 N–H and O–H groups in total. The smallest absolute Gasteiger partial charge is 0.235 e. The predicted octanol–water partition coefficient (Wildman–Crippen LogP) is 13.8. The lowest BCUT2D eigenvalue weighted by Crippen LogP contribution is -2.26. The number of para-hydroxylation sites is 3. The largest absolute Gasteiger partial charge is 0.456 e. The highest BCUT2D eigenvalue weighted by Crippen LogP contribution is 2.66. The van der Waals surface area contributed by atoms with Gasteiger partial charge in [0, 0.05) is 38.1 Å². The van der Waals surface area contributed by atoms with Gasteiger partial charge >= 0.3 is 0 Å². The van der Waals surface area contributed by atoms with Crippen molar-refractivity contribution in [3.8, 4) is 39.5 Å². The number of rotatable bonds is 2. The molecular weight excluding hydrogens is 719 g/mol. The third kappa shape index (κ3) is 3.84. The van der Waals surface area contributed by atoms with E-state index in [9.17, 15) is 0 Å². The Morgan fingerprint density at radius 3 is 1.80 bits per heavy atom. The van der Waals surface area contributed by atoms with E-state index in [1.807, 2.05) is 12.1 Å². The fourth-order valence-electron chi connectivity index (χ4n) is 11.0. The van der Waals surface area contributed by atoms with Crippen molar-refractivity contribution in [3.05, 3.63) is 210 Å². The standard InChI is InChI=1S/C55H31N3O/c1-2-19-37-36(18-1)49-38-20-5-11-25-44(38)55(42-23-9-3-15-33(42)34-16-4-10-24-43(34)55)51(49)53-50(37)40-22-7-13-27-46(40)58(53)54-56-45-26-12-6-21-39(45)52(57-54)32-29-30-48-41(31-32)35-17-8-14-28-47(35)59-48/h1-31H. The second kappa shape index (κ2) is 11.2. The summed E-state index contributed by atoms with van der Waals surface area (Å²) in [6.07, 6.45) is 0. The van der Waals surface area contributed by atoms with E-state index in [4.69, 9.17) is 14.4 Å². The lowest BCUT2D eigenvalue weighted by atomic mass is 9.70. The first-order valence-corrected chi connectivity index (χ1v) is 20.3. The van der Waals surface area contributed by atoms with Crippen molar-refractivity contribution in [2.45, 2.75) is 5.41 Å². The van der Waals surface area contributed by atoms with Crippen molar-refractivity contribution in [1.82, 2.24) is 14.5 Å². The first kappa shape index (κ1) is 31.3. The van der Waals surface area contributed by atoms with Gasteiger partial charge < -0.3 is 4.42 Å². The number of hydrogen-bond acceptors (Lipinski definition) is 3. The molecule has 0 amide bonds. The van der Waals surface area contributed by atoms with Gasteiger partial charge in [0.2, 0.25) is 5.95 Å². The normalized spacial score (nSPS) is 13.6. The van der Waals surface area contributed by atoms with Gasteiger partial charge in [0.25, 0.3) is 0 Å². The maximum Gasteiger partial charge on any atom is 0.235 e. The minimum Gasteiger partial charge on any atom is -0.456 e. The lowest BCUT2D eigenvalue weighted by Gasteiger charge is -2.31. The molecule has 1 spiro atoms. The van der Waals surface area contributed by atoms with Gasteiger partial charge in [-0.1, -0.05) is 152 Å². The van der Waals surface area contributed by atoms with Crippen molar-refractivity contribution in [3.63, 3.8) is 0 Å². The average Bonchev–Trinajstić information content (AvgIpc) is 4.02. The van der Waals surface area contributed by atoms with E-state index in [-0.39, 0.29) is 0 Å². The van der Waals surface area contributed by atoms with Crippen molar-refractivity contribution < 1.29 is 4.42 Å². The second-order valence-corrected chi connectivity index (χ2v) is 16.0. The van der Waals surface area contributed by atoms with Crippen LogP contribution in [0.3, 0.4) is 0 Å². The maximum atomic E-state index is 6.27. The van der Waals surface area contributed by atoms with Gasteiger partial charge in [-0.3, -0.25) is 4.57 Å². The van der Waals surface area contributed by atoms with E-state index in [0.29, 0.717) is 5.95 Å². The summed E-state index contributed by atoms with van der Waals surface area (Å²) >= 11 is 0. The van der Waals surface area contributed by atoms with Crippen LogP contribution in [0.5, 0.6) is 0 Å². The Morgan fingerprint density at radius 1 is 0.441 bits per heavy atom. The molecule has 3 heterocycles. The van der Waals surface area contributed by atoms with Gasteiger partial charge in [0.05, 0.1) is 27.7 Å². The Morgan fingerprint density at radius 2 is 1.02 bits per heavy atom. The zero-order chi connectivity index (χ0) is 38.4. The summed E-state index contributed by atoms with van der Waals surface area (Å²) in [5.41, 5.74) is 16.5. The SMILES string of the molecule is c1ccc2c(c1)-c1ccccc1C21c2ccccc2-c2c1c1c(c3ccccc23)c2ccccc2n1-c1nc(-c2ccc3oc4ccccc4c3c2)c2ccccc2n1. The topological polar surface area (TPSA) is 43.9 Å². The van der Waals surface area contributed by atoms with E-state index in [1.165, 1.54) is 66.1 Å². The predicted molar refractivity (Wildman–Crippen MR) is 240 cm³/mol. The molecule has 12 aromatic rings. The molecule has 9 aromatic carbocycles. The zero-order valence-corrected chi connectivity index (χ0v) is 31.6. The van der Waals surface area contributed by atoms with Crippen LogP contribution in [0.1, 0.15) is 22.3 Å². The third-order valence-electron chi connectivity index (χ3n) is 13.2. The second-order valence-electron chi connectivity index (χ2n) is 16.0. The molecule has 0 fully saturated rings. The number of aromatic nitrogens is 3. The summed E-state index contributed by atoms with van der Waals surface area (Å²) in [4.78, 5) is 11.2. The van der Waals surface area contributed by atoms with Crippen molar-refractivity contribution in [2.24, 2.45) is 0 Å². The van der Waals surface area contributed by atoms with Crippen LogP contribution in [-0.4, -0.2) is 14.5 Å². The highest BCUT2D eigenvalue weighted by Gasteiger charge is 2.53. The molecule has 4 nitrogen and oxygen atoms in total. The molecule has 3 aromatic heterocycles. The van der Waals surface area contributed by atoms with Gasteiger partial charge in [-0.15, -0.1) is 0 Å². The molecule has 4 heteroatoms. The molecule has 0 saturated carbocycles. The highest BCUT2D eigenvalue weighted by atomic mass is 16.3. The first-order valence-electron chi connectivity index (χ1n) is 20.3. The van der Waals surface area contributed by atoms with Crippen molar-refractivity contribution in [2.75, 3.05) is 0 Å². The Hall–Kier alpha value is -7.82. The minimum absolute atomic E-state index is 0.583. The minimum atomic E-state index is -0.583. The Labute approximate surface area is 338 Å². The van der Waals surface area contributed by atoms with Crippen LogP contribution in [0.2, 0.25) is 0 Å². The number of nitrogens with zero attached hydrogens (tertiary/aromatic N) is 3. The highest BCUT2D eigenvalue weighted by molar-refractivity contribution is 6.27. The van der Waals surface area contributed by atoms with Crippen LogP contribution in [0.4, 0.5) is 0 Å². The van der Waals surface area contributed by atoms with Gasteiger partial charge in [0.15, 0.2) is 0 Å². The number of furan rings is 1. The molecule has 272 valence electrons. The first-order chi connectivity index (χ1) is 29.3. The van der Waals surface area contributed by atoms with Crippen LogP contribution in [0.15, 0.2) is 192 Å². The molecule has 0 saturated heterocycles. The molecule has 0 aliphatic heterocycles. The van der Waals surface area contributed by atoms with Crippen LogP contribution in [0, 0.1) is 0 Å². The Bertz CT molecular complexity index is 3770. The summed E-state index contributed by atoms with van der Waals surface area (Å²) in [6, 6.07) is 68.1. The molecule has 2 aliphatic carbocycles. The summed E-state index contributed by atoms with van der Waals surface area (Å²) in [5.74, 6) is 0.644. The van der Waals surface area contributed by atoms with E-state index >= 15 is 0 Å². The fourth-order valence-corrected chi connectivity index (χ4v) is 11.0. The van der Waals surface area contributed by atoms with E-state index < -0.39 is 5.41 Å². The van der Waals surface area contributed by atoms with Crippen molar-refractivity contribution in [1.29, 1.82) is 0 Å². The monoisotopic (exact) mass is 749 g/mol. The number of fused-ring (bicyclic) bond motifs is 21. The molecule has 2 aliphatic rings. The molecule has 0 unspecified atom stereocenters.